The maximum atomic E-state index is 13.0. The minimum absolute atomic E-state index is 0.149. The van der Waals surface area contributed by atoms with E-state index < -0.39 is 5.97 Å². The summed E-state index contributed by atoms with van der Waals surface area (Å²) in [6.07, 6.45) is 6.69. The van der Waals surface area contributed by atoms with Gasteiger partial charge < -0.3 is 19.4 Å². The summed E-state index contributed by atoms with van der Waals surface area (Å²) >= 11 is 0. The van der Waals surface area contributed by atoms with Gasteiger partial charge in [0.1, 0.15) is 12.3 Å². The van der Waals surface area contributed by atoms with Crippen molar-refractivity contribution in [3.05, 3.63) is 52.4 Å². The molecule has 3 rings (SSSR count). The van der Waals surface area contributed by atoms with E-state index >= 15 is 0 Å². The van der Waals surface area contributed by atoms with Crippen LogP contribution in [-0.4, -0.2) is 36.7 Å². The Kier molecular flexibility index (Phi) is 6.69. The predicted octanol–water partition coefficient (Wildman–Crippen LogP) is 2.76. The Morgan fingerprint density at radius 2 is 1.79 bits per heavy atom. The van der Waals surface area contributed by atoms with Crippen LogP contribution in [0.25, 0.3) is 11.1 Å². The molecular weight excluding hydrogens is 372 g/mol. The Hall–Kier alpha value is -3.09. The molecule has 0 radical (unpaired) electrons. The summed E-state index contributed by atoms with van der Waals surface area (Å²) in [6.45, 7) is -0.149. The van der Waals surface area contributed by atoms with Crippen LogP contribution in [0.5, 0.6) is 5.75 Å². The lowest BCUT2D eigenvalue weighted by molar-refractivity contribution is -0.122. The third-order valence-corrected chi connectivity index (χ3v) is 5.19. The van der Waals surface area contributed by atoms with Gasteiger partial charge in [0.25, 0.3) is 5.56 Å². The molecular formula is C22H26N2O5. The van der Waals surface area contributed by atoms with E-state index in [-0.39, 0.29) is 29.6 Å². The van der Waals surface area contributed by atoms with Crippen LogP contribution >= 0.6 is 0 Å². The number of benzene rings is 1. The highest BCUT2D eigenvalue weighted by molar-refractivity contribution is 5.90. The first-order chi connectivity index (χ1) is 14.0. The second-order valence-corrected chi connectivity index (χ2v) is 7.20. The quantitative estimate of drug-likeness (QED) is 0.756. The molecule has 1 heterocycles. The number of methoxy groups -OCH3 is 2. The zero-order chi connectivity index (χ0) is 20.8. The van der Waals surface area contributed by atoms with E-state index in [1.807, 2.05) is 0 Å². The number of ether oxygens (including phenoxy) is 2. The van der Waals surface area contributed by atoms with Crippen LogP contribution in [0.2, 0.25) is 0 Å². The minimum Gasteiger partial charge on any atom is -0.497 e. The van der Waals surface area contributed by atoms with Gasteiger partial charge in [0, 0.05) is 17.8 Å². The lowest BCUT2D eigenvalue weighted by Gasteiger charge is -2.23. The number of rotatable bonds is 6. The number of carbonyl (C=O) groups excluding carboxylic acids is 2. The fraction of sp³-hybridized carbons (Fsp3) is 0.409. The van der Waals surface area contributed by atoms with Crippen LogP contribution in [0.1, 0.15) is 42.5 Å². The van der Waals surface area contributed by atoms with Crippen molar-refractivity contribution in [3.8, 4) is 16.9 Å². The summed E-state index contributed by atoms with van der Waals surface area (Å²) in [4.78, 5) is 37.6. The number of nitrogens with one attached hydrogen (secondary N) is 1. The topological polar surface area (TPSA) is 86.6 Å². The van der Waals surface area contributed by atoms with Crippen molar-refractivity contribution in [2.24, 2.45) is 0 Å². The van der Waals surface area contributed by atoms with Gasteiger partial charge in [-0.25, -0.2) is 4.79 Å². The van der Waals surface area contributed by atoms with E-state index in [2.05, 4.69) is 5.32 Å². The SMILES string of the molecule is COC(=O)c1cc(-c2ccc(OC)cc2)c(=O)n(CC(=O)NC2CCCCC2)c1. The second-order valence-electron chi connectivity index (χ2n) is 7.20. The van der Waals surface area contributed by atoms with Crippen molar-refractivity contribution >= 4 is 11.9 Å². The maximum absolute atomic E-state index is 13.0. The average Bonchev–Trinajstić information content (AvgIpc) is 2.75. The number of pyridine rings is 1. The molecule has 2 aromatic rings. The number of nitrogens with zero attached hydrogens (tertiary/aromatic N) is 1. The summed E-state index contributed by atoms with van der Waals surface area (Å²) in [7, 11) is 2.84. The van der Waals surface area contributed by atoms with Gasteiger partial charge >= 0.3 is 5.97 Å². The molecule has 1 fully saturated rings. The van der Waals surface area contributed by atoms with Crippen molar-refractivity contribution in [2.75, 3.05) is 14.2 Å². The van der Waals surface area contributed by atoms with Gasteiger partial charge in [-0.1, -0.05) is 31.4 Å². The number of hydrogen-bond acceptors (Lipinski definition) is 5. The fourth-order valence-electron chi connectivity index (χ4n) is 3.64. The fourth-order valence-corrected chi connectivity index (χ4v) is 3.64. The predicted molar refractivity (Wildman–Crippen MR) is 109 cm³/mol. The molecule has 0 saturated heterocycles. The largest absolute Gasteiger partial charge is 0.497 e. The average molecular weight is 398 g/mol. The lowest BCUT2D eigenvalue weighted by Crippen LogP contribution is -2.40. The summed E-state index contributed by atoms with van der Waals surface area (Å²) in [5.74, 6) is -0.145. The first-order valence-corrected chi connectivity index (χ1v) is 9.78. The maximum Gasteiger partial charge on any atom is 0.339 e. The van der Waals surface area contributed by atoms with Crippen molar-refractivity contribution in [1.29, 1.82) is 0 Å². The zero-order valence-electron chi connectivity index (χ0n) is 16.8. The van der Waals surface area contributed by atoms with Gasteiger partial charge in [-0.2, -0.15) is 0 Å². The first-order valence-electron chi connectivity index (χ1n) is 9.78. The molecule has 1 amide bonds. The van der Waals surface area contributed by atoms with Crippen LogP contribution in [0.3, 0.4) is 0 Å². The molecule has 0 unspecified atom stereocenters. The lowest BCUT2D eigenvalue weighted by atomic mass is 9.95. The molecule has 0 spiro atoms. The molecule has 1 aromatic carbocycles. The normalized spacial score (nSPS) is 14.3. The molecule has 1 saturated carbocycles. The Balaban J connectivity index is 1.91. The molecule has 1 aliphatic carbocycles. The number of aromatic nitrogens is 1. The van der Waals surface area contributed by atoms with Crippen LogP contribution in [0.15, 0.2) is 41.3 Å². The monoisotopic (exact) mass is 398 g/mol. The minimum atomic E-state index is -0.568. The van der Waals surface area contributed by atoms with Gasteiger partial charge in [-0.3, -0.25) is 9.59 Å². The highest BCUT2D eigenvalue weighted by atomic mass is 16.5. The highest BCUT2D eigenvalue weighted by Crippen LogP contribution is 2.21. The highest BCUT2D eigenvalue weighted by Gasteiger charge is 2.19. The molecule has 0 atom stereocenters. The van der Waals surface area contributed by atoms with E-state index in [1.165, 1.54) is 30.4 Å². The molecule has 154 valence electrons. The second kappa shape index (κ2) is 9.41. The van der Waals surface area contributed by atoms with E-state index in [0.717, 1.165) is 25.7 Å². The van der Waals surface area contributed by atoms with Crippen molar-refractivity contribution in [1.82, 2.24) is 9.88 Å². The summed E-state index contributed by atoms with van der Waals surface area (Å²) in [5.41, 5.74) is 0.814. The zero-order valence-corrected chi connectivity index (χ0v) is 16.8. The first kappa shape index (κ1) is 20.6. The molecule has 29 heavy (non-hydrogen) atoms. The number of carbonyl (C=O) groups is 2. The Morgan fingerprint density at radius 1 is 1.10 bits per heavy atom. The van der Waals surface area contributed by atoms with Crippen molar-refractivity contribution < 1.29 is 19.1 Å². The van der Waals surface area contributed by atoms with Crippen molar-refractivity contribution in [3.63, 3.8) is 0 Å². The summed E-state index contributed by atoms with van der Waals surface area (Å²) in [6, 6.07) is 8.59. The van der Waals surface area contributed by atoms with Crippen LogP contribution in [0.4, 0.5) is 0 Å². The molecule has 1 N–H and O–H groups in total. The Bertz CT molecular complexity index is 927. The molecule has 1 aliphatic rings. The van der Waals surface area contributed by atoms with Crippen LogP contribution < -0.4 is 15.6 Å². The van der Waals surface area contributed by atoms with E-state index in [1.54, 1.807) is 31.4 Å². The Labute approximate surface area is 169 Å². The summed E-state index contributed by atoms with van der Waals surface area (Å²) < 4.78 is 11.2. The van der Waals surface area contributed by atoms with Crippen molar-refractivity contribution in [2.45, 2.75) is 44.7 Å². The smallest absolute Gasteiger partial charge is 0.339 e. The van der Waals surface area contributed by atoms with Gasteiger partial charge in [-0.05, 0) is 36.6 Å². The standard InChI is InChI=1S/C22H26N2O5/c1-28-18-10-8-15(9-11-18)19-12-16(22(27)29-2)13-24(21(19)26)14-20(25)23-17-6-4-3-5-7-17/h8-13,17H,3-7,14H2,1-2H3,(H,23,25). The van der Waals surface area contributed by atoms with Crippen LogP contribution in [-0.2, 0) is 16.1 Å². The van der Waals surface area contributed by atoms with Gasteiger partial charge in [0.15, 0.2) is 0 Å². The third kappa shape index (κ3) is 5.04. The van der Waals surface area contributed by atoms with Gasteiger partial charge in [0.05, 0.1) is 19.8 Å². The van der Waals surface area contributed by atoms with E-state index in [9.17, 15) is 14.4 Å². The molecule has 1 aromatic heterocycles. The Morgan fingerprint density at radius 3 is 2.41 bits per heavy atom. The van der Waals surface area contributed by atoms with Gasteiger partial charge in [0.2, 0.25) is 5.91 Å². The van der Waals surface area contributed by atoms with E-state index in [4.69, 9.17) is 9.47 Å². The molecule has 7 heteroatoms. The molecule has 0 aliphatic heterocycles. The number of amides is 1. The van der Waals surface area contributed by atoms with Crippen LogP contribution in [0, 0.1) is 0 Å². The third-order valence-electron chi connectivity index (χ3n) is 5.19. The van der Waals surface area contributed by atoms with E-state index in [0.29, 0.717) is 16.9 Å². The summed E-state index contributed by atoms with van der Waals surface area (Å²) in [5, 5.41) is 3.00. The molecule has 0 bridgehead atoms. The molecule has 7 nitrogen and oxygen atoms in total. The number of esters is 1. The van der Waals surface area contributed by atoms with Gasteiger partial charge in [-0.15, -0.1) is 0 Å². The number of hydrogen-bond donors (Lipinski definition) is 1.